The van der Waals surface area contributed by atoms with Crippen molar-refractivity contribution in [2.24, 2.45) is 5.92 Å². The maximum Gasteiger partial charge on any atom is 0.210 e. The monoisotopic (exact) mass is 368 g/mol. The van der Waals surface area contributed by atoms with Gasteiger partial charge < -0.3 is 5.84 Å². The van der Waals surface area contributed by atoms with Crippen LogP contribution < -0.4 is 5.84 Å². The quantitative estimate of drug-likeness (QED) is 0.598. The van der Waals surface area contributed by atoms with Crippen LogP contribution in [0.4, 0.5) is 4.39 Å². The molecule has 130 valence electrons. The molecule has 0 bridgehead atoms. The summed E-state index contributed by atoms with van der Waals surface area (Å²) in [5.41, 5.74) is 0.468. The summed E-state index contributed by atoms with van der Waals surface area (Å²) in [6.07, 6.45) is 8.62. The second kappa shape index (κ2) is 8.21. The first-order valence-corrected chi connectivity index (χ1v) is 9.76. The van der Waals surface area contributed by atoms with E-state index < -0.39 is 0 Å². The molecule has 2 N–H and O–H groups in total. The Morgan fingerprint density at radius 3 is 2.79 bits per heavy atom. The molecule has 4 nitrogen and oxygen atoms in total. The van der Waals surface area contributed by atoms with E-state index in [0.717, 1.165) is 24.6 Å². The van der Waals surface area contributed by atoms with Crippen molar-refractivity contribution in [1.29, 1.82) is 0 Å². The second-order valence-electron chi connectivity index (χ2n) is 6.30. The van der Waals surface area contributed by atoms with E-state index in [0.29, 0.717) is 21.5 Å². The molecule has 0 unspecified atom stereocenters. The lowest BCUT2D eigenvalue weighted by Gasteiger charge is -2.20. The summed E-state index contributed by atoms with van der Waals surface area (Å²) in [4.78, 5) is 0. The van der Waals surface area contributed by atoms with Gasteiger partial charge in [-0.2, -0.15) is 0 Å². The summed E-state index contributed by atoms with van der Waals surface area (Å²) in [6, 6.07) is 4.69. The normalized spacial score (nSPS) is 15.8. The molecule has 1 aliphatic rings. The Labute approximate surface area is 150 Å². The fourth-order valence-corrected chi connectivity index (χ4v) is 4.41. The van der Waals surface area contributed by atoms with E-state index in [2.05, 4.69) is 10.2 Å². The third-order valence-electron chi connectivity index (χ3n) is 4.64. The maximum atomic E-state index is 13.8. The lowest BCUT2D eigenvalue weighted by atomic mass is 9.86. The number of hydrogen-bond acceptors (Lipinski definition) is 4. The fourth-order valence-electron chi connectivity index (χ4n) is 3.19. The highest BCUT2D eigenvalue weighted by Gasteiger charge is 2.17. The Bertz CT molecular complexity index is 665. The molecule has 1 aliphatic carbocycles. The van der Waals surface area contributed by atoms with Gasteiger partial charge in [-0.15, -0.1) is 10.2 Å². The van der Waals surface area contributed by atoms with Gasteiger partial charge in [0, 0.05) is 22.8 Å². The van der Waals surface area contributed by atoms with Crippen LogP contribution in [0.25, 0.3) is 0 Å². The van der Waals surface area contributed by atoms with Crippen molar-refractivity contribution in [3.63, 3.8) is 0 Å². The predicted molar refractivity (Wildman–Crippen MR) is 96.0 cm³/mol. The Morgan fingerprint density at radius 2 is 2.04 bits per heavy atom. The van der Waals surface area contributed by atoms with Gasteiger partial charge in [-0.05, 0) is 24.5 Å². The molecule has 1 aromatic heterocycles. The van der Waals surface area contributed by atoms with E-state index in [1.165, 1.54) is 54.6 Å². The van der Waals surface area contributed by atoms with Crippen molar-refractivity contribution in [2.45, 2.75) is 55.9 Å². The number of rotatable bonds is 6. The van der Waals surface area contributed by atoms with E-state index in [1.807, 2.05) is 0 Å². The minimum absolute atomic E-state index is 0.310. The number of nitrogens with zero attached hydrogens (tertiary/aromatic N) is 3. The molecule has 0 saturated heterocycles. The summed E-state index contributed by atoms with van der Waals surface area (Å²) >= 11 is 7.40. The Balaban J connectivity index is 1.58. The predicted octanol–water partition coefficient (Wildman–Crippen LogP) is 4.59. The lowest BCUT2D eigenvalue weighted by molar-refractivity contribution is 0.336. The molecular formula is C17H22ClFN4S. The van der Waals surface area contributed by atoms with E-state index in [4.69, 9.17) is 17.4 Å². The highest BCUT2D eigenvalue weighted by Crippen LogP contribution is 2.29. The van der Waals surface area contributed by atoms with E-state index in [9.17, 15) is 4.39 Å². The summed E-state index contributed by atoms with van der Waals surface area (Å²) in [6.45, 7) is 0. The number of thioether (sulfide) groups is 1. The second-order valence-corrected chi connectivity index (χ2v) is 7.65. The van der Waals surface area contributed by atoms with Gasteiger partial charge in [0.15, 0.2) is 5.82 Å². The van der Waals surface area contributed by atoms with Crippen LogP contribution in [0, 0.1) is 11.7 Å². The van der Waals surface area contributed by atoms with E-state index in [-0.39, 0.29) is 5.82 Å². The van der Waals surface area contributed by atoms with Crippen molar-refractivity contribution in [3.05, 3.63) is 40.4 Å². The molecule has 1 heterocycles. The average molecular weight is 369 g/mol. The molecule has 2 aromatic rings. The largest absolute Gasteiger partial charge is 0.336 e. The highest BCUT2D eigenvalue weighted by molar-refractivity contribution is 7.98. The molecule has 7 heteroatoms. The van der Waals surface area contributed by atoms with Gasteiger partial charge >= 0.3 is 0 Å². The highest BCUT2D eigenvalue weighted by atomic mass is 35.5. The lowest BCUT2D eigenvalue weighted by Crippen LogP contribution is -2.16. The first-order chi connectivity index (χ1) is 11.6. The Kier molecular flexibility index (Phi) is 6.00. The van der Waals surface area contributed by atoms with Crippen molar-refractivity contribution < 1.29 is 4.39 Å². The van der Waals surface area contributed by atoms with Crippen LogP contribution in [0.1, 0.15) is 49.9 Å². The summed E-state index contributed by atoms with van der Waals surface area (Å²) in [7, 11) is 0. The first kappa shape index (κ1) is 17.5. The van der Waals surface area contributed by atoms with Crippen LogP contribution in [0.5, 0.6) is 0 Å². The SMILES string of the molecule is Nn1c(CCC2CCCCC2)nnc1SCc1c(F)cccc1Cl. The van der Waals surface area contributed by atoms with Gasteiger partial charge in [0.05, 0.1) is 0 Å². The van der Waals surface area contributed by atoms with Crippen molar-refractivity contribution in [3.8, 4) is 0 Å². The van der Waals surface area contributed by atoms with Gasteiger partial charge in [0.25, 0.3) is 0 Å². The zero-order valence-electron chi connectivity index (χ0n) is 13.5. The maximum absolute atomic E-state index is 13.8. The third-order valence-corrected chi connectivity index (χ3v) is 5.97. The summed E-state index contributed by atoms with van der Waals surface area (Å²) in [5.74, 6) is 7.75. The van der Waals surface area contributed by atoms with Crippen LogP contribution in [0.2, 0.25) is 5.02 Å². The molecule has 3 rings (SSSR count). The van der Waals surface area contributed by atoms with Crippen molar-refractivity contribution in [2.75, 3.05) is 5.84 Å². The molecule has 0 atom stereocenters. The zero-order valence-corrected chi connectivity index (χ0v) is 15.1. The molecule has 0 aliphatic heterocycles. The number of aromatic nitrogens is 3. The number of nitrogens with two attached hydrogens (primary N) is 1. The van der Waals surface area contributed by atoms with Gasteiger partial charge in [-0.25, -0.2) is 9.07 Å². The average Bonchev–Trinajstić information content (AvgIpc) is 2.94. The number of aryl methyl sites for hydroxylation is 1. The minimum atomic E-state index is -0.310. The molecule has 1 saturated carbocycles. The van der Waals surface area contributed by atoms with Crippen molar-refractivity contribution in [1.82, 2.24) is 14.9 Å². The third kappa shape index (κ3) is 4.22. The molecule has 1 fully saturated rings. The minimum Gasteiger partial charge on any atom is -0.336 e. The van der Waals surface area contributed by atoms with Crippen LogP contribution in [-0.4, -0.2) is 14.9 Å². The van der Waals surface area contributed by atoms with Gasteiger partial charge in [0.2, 0.25) is 5.16 Å². The zero-order chi connectivity index (χ0) is 16.9. The summed E-state index contributed by atoms with van der Waals surface area (Å²) in [5, 5.41) is 9.35. The number of nitrogen functional groups attached to an aromatic ring is 1. The molecule has 0 amide bonds. The van der Waals surface area contributed by atoms with Gasteiger partial charge in [-0.1, -0.05) is 61.5 Å². The van der Waals surface area contributed by atoms with Crippen LogP contribution >= 0.6 is 23.4 Å². The van der Waals surface area contributed by atoms with E-state index >= 15 is 0 Å². The number of halogens is 2. The van der Waals surface area contributed by atoms with Crippen LogP contribution in [-0.2, 0) is 12.2 Å². The first-order valence-electron chi connectivity index (χ1n) is 8.40. The Morgan fingerprint density at radius 1 is 1.25 bits per heavy atom. The van der Waals surface area contributed by atoms with Gasteiger partial charge in [-0.3, -0.25) is 0 Å². The van der Waals surface area contributed by atoms with Crippen LogP contribution in [0.15, 0.2) is 23.4 Å². The standard InChI is InChI=1S/C17H22ClFN4S/c18-14-7-4-8-15(19)13(14)11-24-17-22-21-16(23(17)20)10-9-12-5-2-1-3-6-12/h4,7-8,12H,1-3,5-6,9-11,20H2. The Hall–Kier alpha value is -1.27. The number of hydrogen-bond donors (Lipinski definition) is 1. The smallest absolute Gasteiger partial charge is 0.210 e. The van der Waals surface area contributed by atoms with Crippen molar-refractivity contribution >= 4 is 23.4 Å². The molecule has 24 heavy (non-hydrogen) atoms. The fraction of sp³-hybridized carbons (Fsp3) is 0.529. The molecular weight excluding hydrogens is 347 g/mol. The molecule has 1 aromatic carbocycles. The molecule has 0 radical (unpaired) electrons. The topological polar surface area (TPSA) is 56.7 Å². The van der Waals surface area contributed by atoms with Gasteiger partial charge in [0.1, 0.15) is 5.82 Å². The summed E-state index contributed by atoms with van der Waals surface area (Å²) < 4.78 is 15.3. The molecule has 0 spiro atoms. The van der Waals surface area contributed by atoms with Crippen LogP contribution in [0.3, 0.4) is 0 Å². The number of benzene rings is 1. The van der Waals surface area contributed by atoms with E-state index in [1.54, 1.807) is 12.1 Å².